The topological polar surface area (TPSA) is 205 Å². The zero-order valence-corrected chi connectivity index (χ0v) is 20.4. The third-order valence-electron chi connectivity index (χ3n) is 5.19. The van der Waals surface area contributed by atoms with Crippen LogP contribution in [0.3, 0.4) is 0 Å². The Morgan fingerprint density at radius 3 is 2.49 bits per heavy atom. The van der Waals surface area contributed by atoms with Gasteiger partial charge in [-0.3, -0.25) is 9.13 Å². The lowest BCUT2D eigenvalue weighted by Crippen LogP contribution is -2.33. The molecule has 0 bridgehead atoms. The number of anilines is 1. The van der Waals surface area contributed by atoms with Gasteiger partial charge in [0.2, 0.25) is 5.28 Å². The van der Waals surface area contributed by atoms with Gasteiger partial charge in [-0.1, -0.05) is 30.3 Å². The van der Waals surface area contributed by atoms with E-state index in [1.807, 2.05) is 30.3 Å². The summed E-state index contributed by atoms with van der Waals surface area (Å²) in [5, 5.41) is 23.9. The van der Waals surface area contributed by atoms with Gasteiger partial charge in [0.05, 0.1) is 12.9 Å². The molecular formula is C19H22ClN3O10P2. The smallest absolute Gasteiger partial charge is 0.340 e. The molecule has 13 nitrogen and oxygen atoms in total. The quantitative estimate of drug-likeness (QED) is 0.167. The van der Waals surface area contributed by atoms with Crippen molar-refractivity contribution in [2.24, 2.45) is 0 Å². The summed E-state index contributed by atoms with van der Waals surface area (Å²) in [4.78, 5) is 35.7. The molecule has 0 aliphatic carbocycles. The molecule has 5 atom stereocenters. The molecule has 190 valence electrons. The highest BCUT2D eigenvalue weighted by Crippen LogP contribution is 2.55. The minimum absolute atomic E-state index is 0.109. The second-order valence-electron chi connectivity index (χ2n) is 7.86. The molecule has 0 spiro atoms. The molecule has 4 rings (SSSR count). The fourth-order valence-corrected chi connectivity index (χ4v) is 6.36. The van der Waals surface area contributed by atoms with Crippen LogP contribution < -0.4 is 5.32 Å². The van der Waals surface area contributed by atoms with E-state index in [9.17, 15) is 24.2 Å². The molecule has 1 aliphatic heterocycles. The van der Waals surface area contributed by atoms with Gasteiger partial charge in [-0.2, -0.15) is 4.98 Å². The highest BCUT2D eigenvalue weighted by atomic mass is 35.5. The highest BCUT2D eigenvalue weighted by Gasteiger charge is 2.46. The van der Waals surface area contributed by atoms with Crippen LogP contribution in [0.4, 0.5) is 5.82 Å². The molecule has 0 radical (unpaired) electrons. The molecule has 2 aromatic heterocycles. The van der Waals surface area contributed by atoms with E-state index in [0.717, 1.165) is 5.56 Å². The molecule has 6 N–H and O–H groups in total. The van der Waals surface area contributed by atoms with Gasteiger partial charge < -0.3 is 43.9 Å². The van der Waals surface area contributed by atoms with Gasteiger partial charge in [0.15, 0.2) is 17.3 Å². The third-order valence-corrected chi connectivity index (χ3v) is 8.82. The largest absolute Gasteiger partial charge is 0.458 e. The lowest BCUT2D eigenvalue weighted by Gasteiger charge is -2.18. The molecule has 16 heteroatoms. The summed E-state index contributed by atoms with van der Waals surface area (Å²) in [7, 11) is -9.50. The van der Waals surface area contributed by atoms with Crippen molar-refractivity contribution in [3.63, 3.8) is 0 Å². The van der Waals surface area contributed by atoms with E-state index < -0.39 is 52.1 Å². The number of ether oxygens (including phenoxy) is 1. The Bertz CT molecular complexity index is 1290. The molecule has 1 saturated heterocycles. The van der Waals surface area contributed by atoms with E-state index in [1.54, 1.807) is 0 Å². The summed E-state index contributed by atoms with van der Waals surface area (Å²) in [6, 6.07) is 9.49. The van der Waals surface area contributed by atoms with Crippen LogP contribution in [-0.4, -0.2) is 65.7 Å². The third kappa shape index (κ3) is 6.28. The number of aliphatic hydroxyl groups is 2. The SMILES string of the molecule is O=P(O)(O)CP(=O)(O)OC[C@H]1O[C@@H](c2coc3c(NCc4ccccc4)nc(Cl)nc23)[C@H](O)[C@@H]1O. The van der Waals surface area contributed by atoms with Crippen molar-refractivity contribution in [2.45, 2.75) is 31.0 Å². The van der Waals surface area contributed by atoms with Crippen molar-refractivity contribution in [3.05, 3.63) is 53.0 Å². The van der Waals surface area contributed by atoms with Gasteiger partial charge in [0.1, 0.15) is 29.9 Å². The Morgan fingerprint density at radius 1 is 1.09 bits per heavy atom. The minimum atomic E-state index is -4.83. The van der Waals surface area contributed by atoms with Gasteiger partial charge in [0.25, 0.3) is 0 Å². The monoisotopic (exact) mass is 549 g/mol. The average molecular weight is 550 g/mol. The number of fused-ring (bicyclic) bond motifs is 1. The molecule has 1 aromatic carbocycles. The normalized spacial score (nSPS) is 24.5. The second-order valence-corrected chi connectivity index (χ2v) is 12.2. The maximum atomic E-state index is 11.9. The Morgan fingerprint density at radius 2 is 1.80 bits per heavy atom. The summed E-state index contributed by atoms with van der Waals surface area (Å²) < 4.78 is 38.8. The molecule has 3 heterocycles. The number of nitrogens with one attached hydrogen (secondary N) is 1. The van der Waals surface area contributed by atoms with E-state index in [0.29, 0.717) is 12.4 Å². The highest BCUT2D eigenvalue weighted by molar-refractivity contribution is 7.70. The van der Waals surface area contributed by atoms with Crippen LogP contribution in [0.1, 0.15) is 17.2 Å². The van der Waals surface area contributed by atoms with E-state index in [2.05, 4.69) is 15.3 Å². The summed E-state index contributed by atoms with van der Waals surface area (Å²) in [5.74, 6) is -1.10. The first-order valence-corrected chi connectivity index (χ1v) is 14.1. The molecule has 35 heavy (non-hydrogen) atoms. The van der Waals surface area contributed by atoms with E-state index in [-0.39, 0.29) is 21.9 Å². The van der Waals surface area contributed by atoms with Gasteiger partial charge in [-0.15, -0.1) is 0 Å². The first-order valence-electron chi connectivity index (χ1n) is 10.2. The van der Waals surface area contributed by atoms with Crippen molar-refractivity contribution in [1.29, 1.82) is 0 Å². The van der Waals surface area contributed by atoms with Crippen LogP contribution in [0.15, 0.2) is 41.0 Å². The van der Waals surface area contributed by atoms with Crippen molar-refractivity contribution < 1.29 is 47.7 Å². The van der Waals surface area contributed by atoms with Gasteiger partial charge in [-0.25, -0.2) is 4.98 Å². The zero-order valence-electron chi connectivity index (χ0n) is 17.8. The summed E-state index contributed by atoms with van der Waals surface area (Å²) in [6.07, 6.45) is -4.25. The van der Waals surface area contributed by atoms with E-state index in [4.69, 9.17) is 35.1 Å². The molecule has 3 aromatic rings. The van der Waals surface area contributed by atoms with Crippen molar-refractivity contribution >= 4 is 43.7 Å². The number of rotatable bonds is 9. The number of furan rings is 1. The summed E-state index contributed by atoms with van der Waals surface area (Å²) in [5.41, 5.74) is 1.66. The zero-order chi connectivity index (χ0) is 25.4. The van der Waals surface area contributed by atoms with E-state index in [1.165, 1.54) is 6.26 Å². The number of hydrogen-bond donors (Lipinski definition) is 6. The standard InChI is InChI=1S/C19H22ClN3O10P2/c20-19-22-13-11(7-31-17(13)18(23-19)21-6-10-4-2-1-3-5-10)16-15(25)14(24)12(33-16)8-32-35(29,30)9-34(26,27)28/h1-5,7,12,14-16,24-25H,6,8-9H2,(H,29,30)(H,21,22,23)(H2,26,27,28)/t12-,14-,15-,16+/m1/s1. The lowest BCUT2D eigenvalue weighted by molar-refractivity contribution is -0.0184. The maximum absolute atomic E-state index is 11.9. The molecule has 1 fully saturated rings. The van der Waals surface area contributed by atoms with Crippen molar-refractivity contribution in [3.8, 4) is 0 Å². The summed E-state index contributed by atoms with van der Waals surface area (Å²) in [6.45, 7) is -0.298. The van der Waals surface area contributed by atoms with Crippen LogP contribution in [0.5, 0.6) is 0 Å². The van der Waals surface area contributed by atoms with Crippen LogP contribution in [0.2, 0.25) is 5.28 Å². The van der Waals surface area contributed by atoms with E-state index >= 15 is 0 Å². The van der Waals surface area contributed by atoms with Gasteiger partial charge in [-0.05, 0) is 17.2 Å². The van der Waals surface area contributed by atoms with Crippen LogP contribution >= 0.6 is 26.8 Å². The van der Waals surface area contributed by atoms with Crippen molar-refractivity contribution in [2.75, 3.05) is 17.8 Å². The average Bonchev–Trinajstić information content (AvgIpc) is 3.31. The fraction of sp³-hybridized carbons (Fsp3) is 0.368. The molecule has 0 amide bonds. The molecular weight excluding hydrogens is 528 g/mol. The molecule has 1 aliphatic rings. The second kappa shape index (κ2) is 10.2. The van der Waals surface area contributed by atoms with Crippen LogP contribution in [-0.2, 0) is 24.9 Å². The van der Waals surface area contributed by atoms with Gasteiger partial charge in [0, 0.05) is 12.1 Å². The minimum Gasteiger partial charge on any atom is -0.458 e. The Balaban J connectivity index is 1.52. The molecule has 1 unspecified atom stereocenters. The predicted octanol–water partition coefficient (Wildman–Crippen LogP) is 1.99. The number of aliphatic hydroxyl groups excluding tert-OH is 2. The number of nitrogens with zero attached hydrogens (tertiary/aromatic N) is 2. The van der Waals surface area contributed by atoms with Gasteiger partial charge >= 0.3 is 15.2 Å². The number of hydrogen-bond acceptors (Lipinski definition) is 10. The fourth-order valence-electron chi connectivity index (χ4n) is 3.62. The van der Waals surface area contributed by atoms with Crippen LogP contribution in [0, 0.1) is 0 Å². The number of halogens is 1. The number of aromatic nitrogens is 2. The Kier molecular flexibility index (Phi) is 7.65. The maximum Gasteiger partial charge on any atom is 0.340 e. The Hall–Kier alpha value is -1.89. The predicted molar refractivity (Wildman–Crippen MR) is 123 cm³/mol. The lowest BCUT2D eigenvalue weighted by atomic mass is 10.0. The number of benzene rings is 1. The molecule has 0 saturated carbocycles. The summed E-state index contributed by atoms with van der Waals surface area (Å²) >= 11 is 6.09. The van der Waals surface area contributed by atoms with Crippen molar-refractivity contribution in [1.82, 2.24) is 9.97 Å². The first-order chi connectivity index (χ1) is 16.4. The first kappa shape index (κ1) is 26.2. The van der Waals surface area contributed by atoms with Crippen LogP contribution in [0.25, 0.3) is 11.1 Å². The Labute approximate surface area is 203 Å².